The molecule has 0 N–H and O–H groups in total. The predicted molar refractivity (Wildman–Crippen MR) is 78.3 cm³/mol. The summed E-state index contributed by atoms with van der Waals surface area (Å²) in [5.41, 5.74) is 1.60. The van der Waals surface area contributed by atoms with E-state index < -0.39 is 0 Å². The molecule has 0 fully saturated rings. The molecule has 0 amide bonds. The Kier molecular flexibility index (Phi) is 3.55. The molecule has 0 aliphatic rings. The summed E-state index contributed by atoms with van der Waals surface area (Å²) in [6.45, 7) is 0. The van der Waals surface area contributed by atoms with Crippen LogP contribution < -0.4 is 9.47 Å². The zero-order valence-corrected chi connectivity index (χ0v) is 11.7. The summed E-state index contributed by atoms with van der Waals surface area (Å²) < 4.78 is 15.8. The van der Waals surface area contributed by atoms with Gasteiger partial charge in [0.15, 0.2) is 0 Å². The van der Waals surface area contributed by atoms with E-state index in [-0.39, 0.29) is 0 Å². The van der Waals surface area contributed by atoms with Gasteiger partial charge in [0.2, 0.25) is 5.82 Å². The van der Waals surface area contributed by atoms with Gasteiger partial charge in [0.25, 0.3) is 5.89 Å². The van der Waals surface area contributed by atoms with Gasteiger partial charge in [-0.25, -0.2) is 0 Å². The maximum Gasteiger partial charge on any atom is 0.258 e. The minimum absolute atomic E-state index is 0.440. The number of aromatic nitrogens is 2. The second-order valence-corrected chi connectivity index (χ2v) is 4.36. The van der Waals surface area contributed by atoms with Crippen LogP contribution in [0.2, 0.25) is 0 Å². The first-order valence-electron chi connectivity index (χ1n) is 6.43. The molecule has 3 rings (SSSR count). The van der Waals surface area contributed by atoms with Crippen LogP contribution in [0.3, 0.4) is 0 Å². The van der Waals surface area contributed by atoms with Crippen LogP contribution in [-0.2, 0) is 0 Å². The Balaban J connectivity index is 1.99. The summed E-state index contributed by atoms with van der Waals surface area (Å²) in [6.07, 6.45) is 0. The third-order valence-corrected chi connectivity index (χ3v) is 3.09. The van der Waals surface area contributed by atoms with Crippen LogP contribution in [0.4, 0.5) is 0 Å². The van der Waals surface area contributed by atoms with Crippen LogP contribution in [0.25, 0.3) is 22.8 Å². The molecular formula is C16H14N2O3. The van der Waals surface area contributed by atoms with Crippen molar-refractivity contribution >= 4 is 0 Å². The molecule has 0 saturated carbocycles. The fourth-order valence-corrected chi connectivity index (χ4v) is 2.04. The number of para-hydroxylation sites is 1. The maximum atomic E-state index is 5.33. The van der Waals surface area contributed by atoms with Gasteiger partial charge in [-0.1, -0.05) is 23.4 Å². The Hall–Kier alpha value is -2.82. The van der Waals surface area contributed by atoms with Crippen LogP contribution >= 0.6 is 0 Å². The third kappa shape index (κ3) is 2.58. The van der Waals surface area contributed by atoms with Gasteiger partial charge in [0.05, 0.1) is 19.8 Å². The van der Waals surface area contributed by atoms with Crippen LogP contribution in [0.15, 0.2) is 53.1 Å². The Morgan fingerprint density at radius 3 is 2.62 bits per heavy atom. The zero-order valence-electron chi connectivity index (χ0n) is 11.7. The minimum Gasteiger partial charge on any atom is -0.497 e. The lowest BCUT2D eigenvalue weighted by Gasteiger charge is -2.03. The second kappa shape index (κ2) is 5.66. The van der Waals surface area contributed by atoms with E-state index in [0.29, 0.717) is 17.5 Å². The van der Waals surface area contributed by atoms with Gasteiger partial charge in [-0.3, -0.25) is 0 Å². The number of nitrogens with zero attached hydrogens (tertiary/aromatic N) is 2. The normalized spacial score (nSPS) is 10.4. The van der Waals surface area contributed by atoms with Crippen molar-refractivity contribution in [3.8, 4) is 34.3 Å². The molecule has 5 nitrogen and oxygen atoms in total. The molecule has 0 atom stereocenters. The SMILES string of the molecule is COc1cccc(-c2nc(-c3ccccc3OC)no2)c1. The minimum atomic E-state index is 0.440. The Bertz CT molecular complexity index is 753. The maximum absolute atomic E-state index is 5.33. The first kappa shape index (κ1) is 13.2. The molecule has 2 aromatic carbocycles. The van der Waals surface area contributed by atoms with E-state index in [9.17, 15) is 0 Å². The summed E-state index contributed by atoms with van der Waals surface area (Å²) in [7, 11) is 3.23. The lowest BCUT2D eigenvalue weighted by atomic mass is 10.2. The highest BCUT2D eigenvalue weighted by atomic mass is 16.5. The Morgan fingerprint density at radius 1 is 0.952 bits per heavy atom. The van der Waals surface area contributed by atoms with E-state index in [0.717, 1.165) is 16.9 Å². The van der Waals surface area contributed by atoms with Gasteiger partial charge in [0, 0.05) is 5.56 Å². The van der Waals surface area contributed by atoms with E-state index in [1.807, 2.05) is 48.5 Å². The van der Waals surface area contributed by atoms with Crippen molar-refractivity contribution in [3.63, 3.8) is 0 Å². The number of rotatable bonds is 4. The molecule has 0 unspecified atom stereocenters. The van der Waals surface area contributed by atoms with Crippen molar-refractivity contribution < 1.29 is 14.0 Å². The molecule has 106 valence electrons. The second-order valence-electron chi connectivity index (χ2n) is 4.36. The lowest BCUT2D eigenvalue weighted by molar-refractivity contribution is 0.411. The van der Waals surface area contributed by atoms with E-state index >= 15 is 0 Å². The monoisotopic (exact) mass is 282 g/mol. The Morgan fingerprint density at radius 2 is 1.81 bits per heavy atom. The van der Waals surface area contributed by atoms with Crippen molar-refractivity contribution in [2.45, 2.75) is 0 Å². The van der Waals surface area contributed by atoms with E-state index in [2.05, 4.69) is 10.1 Å². The molecule has 0 aliphatic carbocycles. The molecule has 5 heteroatoms. The van der Waals surface area contributed by atoms with Crippen molar-refractivity contribution in [1.29, 1.82) is 0 Å². The largest absolute Gasteiger partial charge is 0.497 e. The molecule has 0 aliphatic heterocycles. The van der Waals surface area contributed by atoms with Gasteiger partial charge >= 0.3 is 0 Å². The average molecular weight is 282 g/mol. The predicted octanol–water partition coefficient (Wildman–Crippen LogP) is 3.42. The fraction of sp³-hybridized carbons (Fsp3) is 0.125. The first-order chi connectivity index (χ1) is 10.3. The standard InChI is InChI=1S/C16H14N2O3/c1-19-12-7-5-6-11(10-12)16-17-15(18-21-16)13-8-3-4-9-14(13)20-2/h3-10H,1-2H3. The van der Waals surface area contributed by atoms with Gasteiger partial charge in [-0.15, -0.1) is 0 Å². The Labute approximate surface area is 122 Å². The molecule has 21 heavy (non-hydrogen) atoms. The van der Waals surface area contributed by atoms with E-state index in [4.69, 9.17) is 14.0 Å². The summed E-state index contributed by atoms with van der Waals surface area (Å²) in [4.78, 5) is 4.42. The topological polar surface area (TPSA) is 57.4 Å². The number of ether oxygens (including phenoxy) is 2. The van der Waals surface area contributed by atoms with Gasteiger partial charge in [0.1, 0.15) is 11.5 Å². The average Bonchev–Trinajstić information content (AvgIpc) is 3.04. The highest BCUT2D eigenvalue weighted by Gasteiger charge is 2.14. The lowest BCUT2D eigenvalue weighted by Crippen LogP contribution is -1.88. The summed E-state index contributed by atoms with van der Waals surface area (Å²) in [6, 6.07) is 15.0. The van der Waals surface area contributed by atoms with Crippen molar-refractivity contribution in [2.24, 2.45) is 0 Å². The molecule has 0 radical (unpaired) electrons. The highest BCUT2D eigenvalue weighted by molar-refractivity contribution is 5.66. The third-order valence-electron chi connectivity index (χ3n) is 3.09. The molecule has 1 heterocycles. The molecule has 1 aromatic heterocycles. The van der Waals surface area contributed by atoms with Crippen LogP contribution in [0.5, 0.6) is 11.5 Å². The molecule has 0 bridgehead atoms. The fourth-order valence-electron chi connectivity index (χ4n) is 2.04. The molecule has 0 saturated heterocycles. The molecular weight excluding hydrogens is 268 g/mol. The van der Waals surface area contributed by atoms with Gasteiger partial charge < -0.3 is 14.0 Å². The first-order valence-corrected chi connectivity index (χ1v) is 6.43. The van der Waals surface area contributed by atoms with Gasteiger partial charge in [-0.05, 0) is 30.3 Å². The molecule has 0 spiro atoms. The van der Waals surface area contributed by atoms with Gasteiger partial charge in [-0.2, -0.15) is 4.98 Å². The highest BCUT2D eigenvalue weighted by Crippen LogP contribution is 2.29. The number of methoxy groups -OCH3 is 2. The van der Waals surface area contributed by atoms with Crippen molar-refractivity contribution in [1.82, 2.24) is 10.1 Å². The van der Waals surface area contributed by atoms with Crippen molar-refractivity contribution in [2.75, 3.05) is 14.2 Å². The summed E-state index contributed by atoms with van der Waals surface area (Å²) in [5, 5.41) is 4.02. The van der Waals surface area contributed by atoms with Crippen LogP contribution in [-0.4, -0.2) is 24.4 Å². The number of hydrogen-bond donors (Lipinski definition) is 0. The smallest absolute Gasteiger partial charge is 0.258 e. The van der Waals surface area contributed by atoms with Crippen LogP contribution in [0.1, 0.15) is 0 Å². The molecule has 3 aromatic rings. The van der Waals surface area contributed by atoms with E-state index in [1.54, 1.807) is 14.2 Å². The quantitative estimate of drug-likeness (QED) is 0.733. The van der Waals surface area contributed by atoms with Crippen LogP contribution in [0, 0.1) is 0 Å². The zero-order chi connectivity index (χ0) is 14.7. The number of benzene rings is 2. The summed E-state index contributed by atoms with van der Waals surface area (Å²) >= 11 is 0. The summed E-state index contributed by atoms with van der Waals surface area (Å²) in [5.74, 6) is 2.38. The number of hydrogen-bond acceptors (Lipinski definition) is 5. The van der Waals surface area contributed by atoms with Crippen molar-refractivity contribution in [3.05, 3.63) is 48.5 Å². The van der Waals surface area contributed by atoms with E-state index in [1.165, 1.54) is 0 Å².